The summed E-state index contributed by atoms with van der Waals surface area (Å²) in [4.78, 5) is 5.64. The molecule has 19 heavy (non-hydrogen) atoms. The van der Waals surface area contributed by atoms with E-state index in [9.17, 15) is 0 Å². The Bertz CT molecular complexity index is 391. The third-order valence-electron chi connectivity index (χ3n) is 4.11. The van der Waals surface area contributed by atoms with Crippen molar-refractivity contribution in [3.63, 3.8) is 0 Å². The Morgan fingerprint density at radius 3 is 2.74 bits per heavy atom. The summed E-state index contributed by atoms with van der Waals surface area (Å²) in [5.74, 6) is 0.777. The average Bonchev–Trinajstić information content (AvgIpc) is 2.62. The summed E-state index contributed by atoms with van der Waals surface area (Å²) in [5.41, 5.74) is 1.45. The van der Waals surface area contributed by atoms with Crippen LogP contribution < -0.4 is 5.32 Å². The second kappa shape index (κ2) is 6.38. The number of nitrogens with zero attached hydrogens (tertiary/aromatic N) is 1. The van der Waals surface area contributed by atoms with Crippen molar-refractivity contribution >= 4 is 11.3 Å². The third-order valence-corrected chi connectivity index (χ3v) is 5.25. The smallest absolute Gasteiger partial charge is 0.0332 e. The van der Waals surface area contributed by atoms with Crippen molar-refractivity contribution in [3.8, 4) is 0 Å². The van der Waals surface area contributed by atoms with Gasteiger partial charge in [0.15, 0.2) is 0 Å². The zero-order chi connectivity index (χ0) is 14.0. The highest BCUT2D eigenvalue weighted by molar-refractivity contribution is 7.12. The fraction of sp³-hybridized carbons (Fsp3) is 0.750. The summed E-state index contributed by atoms with van der Waals surface area (Å²) in [7, 11) is 0. The monoisotopic (exact) mass is 280 g/mol. The minimum Gasteiger partial charge on any atom is -0.311 e. The van der Waals surface area contributed by atoms with E-state index in [1.54, 1.807) is 0 Å². The molecule has 0 radical (unpaired) electrons. The van der Waals surface area contributed by atoms with Gasteiger partial charge in [0, 0.05) is 41.5 Å². The standard InChI is InChI=1S/C16H28N2S/c1-11(2)6-15-9-18(13(4)8-17-15)10-16-7-12(3)14(5)19-16/h7,11,13,15,17H,6,8-10H2,1-5H3. The van der Waals surface area contributed by atoms with Crippen LogP contribution in [-0.2, 0) is 6.54 Å². The molecule has 1 aromatic rings. The van der Waals surface area contributed by atoms with Gasteiger partial charge in [0.1, 0.15) is 0 Å². The van der Waals surface area contributed by atoms with E-state index in [0.717, 1.165) is 19.0 Å². The van der Waals surface area contributed by atoms with Gasteiger partial charge in [-0.1, -0.05) is 13.8 Å². The molecule has 2 nitrogen and oxygen atoms in total. The predicted molar refractivity (Wildman–Crippen MR) is 84.9 cm³/mol. The van der Waals surface area contributed by atoms with Gasteiger partial charge in [-0.3, -0.25) is 4.90 Å². The number of piperazine rings is 1. The lowest BCUT2D eigenvalue weighted by atomic mass is 10.00. The molecule has 108 valence electrons. The Morgan fingerprint density at radius 1 is 1.42 bits per heavy atom. The molecule has 0 saturated carbocycles. The first-order valence-corrected chi connectivity index (χ1v) is 8.30. The van der Waals surface area contributed by atoms with Gasteiger partial charge in [-0.15, -0.1) is 11.3 Å². The van der Waals surface area contributed by atoms with Gasteiger partial charge in [-0.2, -0.15) is 0 Å². The summed E-state index contributed by atoms with van der Waals surface area (Å²) in [6.07, 6.45) is 1.28. The molecule has 1 aromatic heterocycles. The molecule has 2 atom stereocenters. The van der Waals surface area contributed by atoms with Gasteiger partial charge in [0.25, 0.3) is 0 Å². The lowest BCUT2D eigenvalue weighted by Crippen LogP contribution is -2.55. The molecule has 1 fully saturated rings. The van der Waals surface area contributed by atoms with E-state index in [4.69, 9.17) is 0 Å². The molecule has 1 N–H and O–H groups in total. The molecule has 0 amide bonds. The Hall–Kier alpha value is -0.380. The van der Waals surface area contributed by atoms with Crippen LogP contribution in [0.5, 0.6) is 0 Å². The molecular weight excluding hydrogens is 252 g/mol. The molecule has 1 aliphatic heterocycles. The summed E-state index contributed by atoms with van der Waals surface area (Å²) in [6.45, 7) is 14.9. The van der Waals surface area contributed by atoms with E-state index in [0.29, 0.717) is 12.1 Å². The molecule has 0 aliphatic carbocycles. The summed E-state index contributed by atoms with van der Waals surface area (Å²) >= 11 is 1.96. The number of hydrogen-bond donors (Lipinski definition) is 1. The van der Waals surface area contributed by atoms with Crippen molar-refractivity contribution in [2.24, 2.45) is 5.92 Å². The van der Waals surface area contributed by atoms with Crippen LogP contribution in [0.3, 0.4) is 0 Å². The van der Waals surface area contributed by atoms with E-state index >= 15 is 0 Å². The molecule has 1 saturated heterocycles. The number of nitrogens with one attached hydrogen (secondary N) is 1. The highest BCUT2D eigenvalue weighted by Crippen LogP contribution is 2.24. The van der Waals surface area contributed by atoms with E-state index in [2.05, 4.69) is 50.9 Å². The maximum atomic E-state index is 3.69. The number of thiophene rings is 1. The van der Waals surface area contributed by atoms with Gasteiger partial charge < -0.3 is 5.32 Å². The minimum absolute atomic E-state index is 0.645. The topological polar surface area (TPSA) is 15.3 Å². The van der Waals surface area contributed by atoms with E-state index in [1.165, 1.54) is 28.3 Å². The van der Waals surface area contributed by atoms with Crippen molar-refractivity contribution in [1.82, 2.24) is 10.2 Å². The van der Waals surface area contributed by atoms with Gasteiger partial charge >= 0.3 is 0 Å². The normalized spacial score (nSPS) is 25.2. The highest BCUT2D eigenvalue weighted by atomic mass is 32.1. The first kappa shape index (κ1) is 15.0. The Morgan fingerprint density at radius 2 is 2.16 bits per heavy atom. The molecule has 2 heterocycles. The quantitative estimate of drug-likeness (QED) is 0.907. The maximum absolute atomic E-state index is 3.69. The van der Waals surface area contributed by atoms with Crippen molar-refractivity contribution in [2.45, 2.75) is 59.7 Å². The Kier molecular flexibility index (Phi) is 5.04. The molecule has 0 aromatic carbocycles. The van der Waals surface area contributed by atoms with Crippen LogP contribution in [0.4, 0.5) is 0 Å². The maximum Gasteiger partial charge on any atom is 0.0332 e. The fourth-order valence-electron chi connectivity index (χ4n) is 2.87. The van der Waals surface area contributed by atoms with Crippen LogP contribution in [0.15, 0.2) is 6.07 Å². The first-order chi connectivity index (χ1) is 8.95. The van der Waals surface area contributed by atoms with Crippen LogP contribution in [0.2, 0.25) is 0 Å². The van der Waals surface area contributed by atoms with E-state index in [1.807, 2.05) is 11.3 Å². The summed E-state index contributed by atoms with van der Waals surface area (Å²) < 4.78 is 0. The lowest BCUT2D eigenvalue weighted by molar-refractivity contribution is 0.126. The molecule has 3 heteroatoms. The largest absolute Gasteiger partial charge is 0.311 e. The number of aryl methyl sites for hydroxylation is 2. The zero-order valence-electron chi connectivity index (χ0n) is 13.0. The Labute approximate surface area is 122 Å². The molecule has 0 bridgehead atoms. The number of rotatable bonds is 4. The second-order valence-corrected chi connectivity index (χ2v) is 7.81. The van der Waals surface area contributed by atoms with Crippen LogP contribution >= 0.6 is 11.3 Å². The molecule has 1 aliphatic rings. The van der Waals surface area contributed by atoms with Crippen LogP contribution in [0.1, 0.15) is 42.5 Å². The van der Waals surface area contributed by atoms with E-state index < -0.39 is 0 Å². The van der Waals surface area contributed by atoms with Gasteiger partial charge in [-0.05, 0) is 44.7 Å². The van der Waals surface area contributed by atoms with E-state index in [-0.39, 0.29) is 0 Å². The Balaban J connectivity index is 1.97. The number of hydrogen-bond acceptors (Lipinski definition) is 3. The predicted octanol–water partition coefficient (Wildman–Crippen LogP) is 3.57. The van der Waals surface area contributed by atoms with Crippen molar-refractivity contribution in [2.75, 3.05) is 13.1 Å². The molecule has 2 unspecified atom stereocenters. The van der Waals surface area contributed by atoms with Crippen molar-refractivity contribution in [3.05, 3.63) is 21.4 Å². The molecule has 0 spiro atoms. The first-order valence-electron chi connectivity index (χ1n) is 7.49. The second-order valence-electron chi connectivity index (χ2n) is 6.47. The summed E-state index contributed by atoms with van der Waals surface area (Å²) in [6, 6.07) is 3.68. The SMILES string of the molecule is Cc1cc(CN2CC(CC(C)C)NCC2C)sc1C. The van der Waals surface area contributed by atoms with Crippen molar-refractivity contribution in [1.29, 1.82) is 0 Å². The van der Waals surface area contributed by atoms with Crippen LogP contribution in [0, 0.1) is 19.8 Å². The fourth-order valence-corrected chi connectivity index (χ4v) is 3.95. The molecule has 2 rings (SSSR count). The minimum atomic E-state index is 0.645. The summed E-state index contributed by atoms with van der Waals surface area (Å²) in [5, 5.41) is 3.69. The highest BCUT2D eigenvalue weighted by Gasteiger charge is 2.25. The lowest BCUT2D eigenvalue weighted by Gasteiger charge is -2.39. The van der Waals surface area contributed by atoms with Crippen LogP contribution in [0.25, 0.3) is 0 Å². The van der Waals surface area contributed by atoms with Gasteiger partial charge in [0.05, 0.1) is 0 Å². The third kappa shape index (κ3) is 4.04. The van der Waals surface area contributed by atoms with Crippen LogP contribution in [-0.4, -0.2) is 30.1 Å². The van der Waals surface area contributed by atoms with Crippen molar-refractivity contribution < 1.29 is 0 Å². The zero-order valence-corrected chi connectivity index (χ0v) is 13.8. The van der Waals surface area contributed by atoms with Gasteiger partial charge in [0.2, 0.25) is 0 Å². The average molecular weight is 280 g/mol. The molecular formula is C16H28N2S. The van der Waals surface area contributed by atoms with Gasteiger partial charge in [-0.25, -0.2) is 0 Å².